The monoisotopic (exact) mass is 1130 g/mol. The number of amides is 1. The van der Waals surface area contributed by atoms with Crippen molar-refractivity contribution in [1.29, 1.82) is 0 Å². The van der Waals surface area contributed by atoms with Gasteiger partial charge in [-0.05, 0) is 89.9 Å². The molecule has 0 spiro atoms. The van der Waals surface area contributed by atoms with Gasteiger partial charge in [0.25, 0.3) is 0 Å². The van der Waals surface area contributed by atoms with Crippen molar-refractivity contribution in [3.63, 3.8) is 0 Å². The molecule has 0 saturated carbocycles. The van der Waals surface area contributed by atoms with Crippen LogP contribution in [0, 0.1) is 0 Å². The van der Waals surface area contributed by atoms with E-state index >= 15 is 0 Å². The summed E-state index contributed by atoms with van der Waals surface area (Å²) >= 11 is 0. The Morgan fingerprint density at radius 1 is 0.346 bits per heavy atom. The van der Waals surface area contributed by atoms with Gasteiger partial charge >= 0.3 is 5.97 Å². The van der Waals surface area contributed by atoms with Crippen molar-refractivity contribution >= 4 is 11.9 Å². The summed E-state index contributed by atoms with van der Waals surface area (Å²) in [4.78, 5) is 24.6. The highest BCUT2D eigenvalue weighted by atomic mass is 16.5. The third-order valence-electron chi connectivity index (χ3n) is 16.5. The first-order valence-electron chi connectivity index (χ1n) is 36.1. The molecule has 0 bridgehead atoms. The lowest BCUT2D eigenvalue weighted by Crippen LogP contribution is -2.45. The zero-order chi connectivity index (χ0) is 58.5. The number of aliphatic hydroxyl groups is 2. The summed E-state index contributed by atoms with van der Waals surface area (Å²) in [5.41, 5.74) is 0. The molecule has 0 aromatic heterocycles. The van der Waals surface area contributed by atoms with Gasteiger partial charge in [0.2, 0.25) is 5.91 Å². The second-order valence-electron chi connectivity index (χ2n) is 24.6. The van der Waals surface area contributed by atoms with Crippen LogP contribution >= 0.6 is 0 Å². The van der Waals surface area contributed by atoms with Crippen molar-refractivity contribution in [2.24, 2.45) is 0 Å². The van der Waals surface area contributed by atoms with Gasteiger partial charge in [0.15, 0.2) is 0 Å². The number of carbonyl (C=O) groups excluding carboxylic acids is 2. The molecule has 81 heavy (non-hydrogen) atoms. The van der Waals surface area contributed by atoms with Crippen LogP contribution in [0.15, 0.2) is 60.8 Å². The Labute approximate surface area is 505 Å². The summed E-state index contributed by atoms with van der Waals surface area (Å²) in [6.07, 6.45) is 93.0. The smallest absolute Gasteiger partial charge is 0.305 e. The zero-order valence-electron chi connectivity index (χ0n) is 54.3. The third kappa shape index (κ3) is 66.6. The van der Waals surface area contributed by atoms with Crippen LogP contribution < -0.4 is 5.32 Å². The first-order valence-corrected chi connectivity index (χ1v) is 36.1. The molecule has 2 unspecified atom stereocenters. The number of esters is 1. The highest BCUT2D eigenvalue weighted by molar-refractivity contribution is 5.76. The first kappa shape index (κ1) is 78.6. The lowest BCUT2D eigenvalue weighted by molar-refractivity contribution is -0.143. The maximum atomic E-state index is 12.5. The maximum absolute atomic E-state index is 12.5. The van der Waals surface area contributed by atoms with E-state index in [0.29, 0.717) is 19.4 Å². The third-order valence-corrected chi connectivity index (χ3v) is 16.5. The van der Waals surface area contributed by atoms with Gasteiger partial charge in [0, 0.05) is 12.8 Å². The molecule has 0 heterocycles. The molecule has 0 aliphatic rings. The number of unbranched alkanes of at least 4 members (excludes halogenated alkanes) is 48. The molecule has 0 radical (unpaired) electrons. The van der Waals surface area contributed by atoms with Gasteiger partial charge < -0.3 is 20.3 Å². The number of ether oxygens (including phenoxy) is 1. The van der Waals surface area contributed by atoms with Gasteiger partial charge in [-0.3, -0.25) is 9.59 Å². The lowest BCUT2D eigenvalue weighted by Gasteiger charge is -2.20. The van der Waals surface area contributed by atoms with E-state index in [4.69, 9.17) is 4.74 Å². The molecule has 6 heteroatoms. The Balaban J connectivity index is 3.47. The summed E-state index contributed by atoms with van der Waals surface area (Å²) < 4.78 is 5.47. The fraction of sp³-hybridized carbons (Fsp3) is 0.840. The van der Waals surface area contributed by atoms with Crippen LogP contribution in [0.4, 0.5) is 0 Å². The molecule has 0 aromatic carbocycles. The summed E-state index contributed by atoms with van der Waals surface area (Å²) in [5.74, 6) is -0.0772. The minimum atomic E-state index is -0.852. The van der Waals surface area contributed by atoms with E-state index < -0.39 is 12.1 Å². The van der Waals surface area contributed by atoms with E-state index in [1.807, 2.05) is 6.08 Å². The zero-order valence-corrected chi connectivity index (χ0v) is 54.3. The molecule has 0 aliphatic heterocycles. The molecule has 0 rings (SSSR count). The van der Waals surface area contributed by atoms with E-state index in [0.717, 1.165) is 57.8 Å². The number of hydrogen-bond acceptors (Lipinski definition) is 5. The van der Waals surface area contributed by atoms with Crippen molar-refractivity contribution in [2.45, 2.75) is 392 Å². The predicted molar refractivity (Wildman–Crippen MR) is 356 cm³/mol. The Morgan fingerprint density at radius 2 is 0.630 bits per heavy atom. The second-order valence-corrected chi connectivity index (χ2v) is 24.6. The van der Waals surface area contributed by atoms with Gasteiger partial charge in [0.05, 0.1) is 25.4 Å². The van der Waals surface area contributed by atoms with Crippen molar-refractivity contribution in [3.05, 3.63) is 60.8 Å². The predicted octanol–water partition coefficient (Wildman–Crippen LogP) is 23.4. The van der Waals surface area contributed by atoms with E-state index in [1.54, 1.807) is 6.08 Å². The number of carbonyl (C=O) groups is 2. The molecule has 0 saturated heterocycles. The summed E-state index contributed by atoms with van der Waals surface area (Å²) in [6.45, 7) is 4.88. The maximum Gasteiger partial charge on any atom is 0.305 e. The number of hydrogen-bond donors (Lipinski definition) is 3. The van der Waals surface area contributed by atoms with E-state index in [2.05, 4.69) is 67.8 Å². The standard InChI is InChI=1S/C75H139NO5/c1-3-5-7-9-11-13-15-17-19-20-21-22-23-25-28-31-34-37-40-43-47-51-55-59-63-67-73(78)72(71-77)76-74(79)68-64-60-56-52-48-44-41-38-35-32-29-26-24-27-30-33-36-39-42-46-50-54-58-62-66-70-81-75(80)69-65-61-57-53-49-45-18-16-14-12-10-8-6-4-2/h10,12,16,18,26-27,29-30,63,67,72-73,77-78H,3-9,11,13-15,17,19-25,28,31-62,64-66,68-71H2,1-2H3,(H,76,79)/b12-10-,18-16-,29-26-,30-27-,67-63+. The van der Waals surface area contributed by atoms with Gasteiger partial charge in [-0.15, -0.1) is 0 Å². The summed E-state index contributed by atoms with van der Waals surface area (Å²) in [5, 5.41) is 23.3. The van der Waals surface area contributed by atoms with Crippen LogP contribution in [0.1, 0.15) is 380 Å². The van der Waals surface area contributed by atoms with Gasteiger partial charge in [-0.1, -0.05) is 338 Å². The molecular formula is C75H139NO5. The van der Waals surface area contributed by atoms with Crippen LogP contribution in [0.5, 0.6) is 0 Å². The number of aliphatic hydroxyl groups excluding tert-OH is 2. The Morgan fingerprint density at radius 3 is 0.975 bits per heavy atom. The minimum Gasteiger partial charge on any atom is -0.466 e. The Bertz CT molecular complexity index is 1400. The van der Waals surface area contributed by atoms with Crippen molar-refractivity contribution in [3.8, 4) is 0 Å². The number of nitrogens with one attached hydrogen (secondary N) is 1. The molecule has 0 fully saturated rings. The molecule has 6 nitrogen and oxygen atoms in total. The van der Waals surface area contributed by atoms with E-state index in [1.165, 1.54) is 295 Å². The fourth-order valence-electron chi connectivity index (χ4n) is 11.0. The van der Waals surface area contributed by atoms with Crippen LogP contribution in [-0.4, -0.2) is 47.4 Å². The van der Waals surface area contributed by atoms with Crippen LogP contribution in [0.3, 0.4) is 0 Å². The van der Waals surface area contributed by atoms with Crippen molar-refractivity contribution in [2.75, 3.05) is 13.2 Å². The molecule has 474 valence electrons. The number of allylic oxidation sites excluding steroid dienone is 9. The topological polar surface area (TPSA) is 95.9 Å². The van der Waals surface area contributed by atoms with Crippen molar-refractivity contribution in [1.82, 2.24) is 5.32 Å². The normalized spacial score (nSPS) is 12.9. The van der Waals surface area contributed by atoms with Crippen LogP contribution in [0.25, 0.3) is 0 Å². The SMILES string of the molecule is CCCC/C=C\C/C=C\CCCCCCCC(=O)OCCCCCCCCCCC/C=C\C/C=C\CCCCCCCCCCCC(=O)NC(CO)C(O)/C=C/CCCCCCCCCCCCCCCCCCCCCCCCC. The van der Waals surface area contributed by atoms with Gasteiger partial charge in [-0.2, -0.15) is 0 Å². The molecular weight excluding hydrogens is 995 g/mol. The highest BCUT2D eigenvalue weighted by Crippen LogP contribution is 2.18. The minimum absolute atomic E-state index is 0.00613. The number of rotatable bonds is 67. The van der Waals surface area contributed by atoms with Gasteiger partial charge in [0.1, 0.15) is 0 Å². The average Bonchev–Trinajstić information content (AvgIpc) is 3.47. The van der Waals surface area contributed by atoms with Crippen molar-refractivity contribution < 1.29 is 24.5 Å². The van der Waals surface area contributed by atoms with E-state index in [9.17, 15) is 19.8 Å². The summed E-state index contributed by atoms with van der Waals surface area (Å²) in [7, 11) is 0. The molecule has 2 atom stereocenters. The van der Waals surface area contributed by atoms with Crippen LogP contribution in [-0.2, 0) is 14.3 Å². The molecule has 1 amide bonds. The first-order chi connectivity index (χ1) is 40.0. The Hall–Kier alpha value is -2.44. The quantitative estimate of drug-likeness (QED) is 0.0320. The largest absolute Gasteiger partial charge is 0.466 e. The molecule has 0 aliphatic carbocycles. The highest BCUT2D eigenvalue weighted by Gasteiger charge is 2.18. The average molecular weight is 1130 g/mol. The molecule has 0 aromatic rings. The van der Waals surface area contributed by atoms with Crippen LogP contribution in [0.2, 0.25) is 0 Å². The van der Waals surface area contributed by atoms with Gasteiger partial charge in [-0.25, -0.2) is 0 Å². The second kappa shape index (κ2) is 70.0. The molecule has 3 N–H and O–H groups in total. The lowest BCUT2D eigenvalue weighted by atomic mass is 10.0. The Kier molecular flexibility index (Phi) is 67.9. The fourth-order valence-corrected chi connectivity index (χ4v) is 11.0. The summed E-state index contributed by atoms with van der Waals surface area (Å²) in [6, 6.07) is -0.636. The van der Waals surface area contributed by atoms with E-state index in [-0.39, 0.29) is 18.5 Å².